The monoisotopic (exact) mass is 468 g/mol. The minimum absolute atomic E-state index is 0.296. The van der Waals surface area contributed by atoms with Crippen molar-refractivity contribution in [3.05, 3.63) is 75.6 Å². The summed E-state index contributed by atoms with van der Waals surface area (Å²) in [5.74, 6) is -0.413. The van der Waals surface area contributed by atoms with Crippen LogP contribution in [0.15, 0.2) is 42.5 Å². The molecule has 0 saturated heterocycles. The molecule has 0 atom stereocenters. The maximum absolute atomic E-state index is 12.7. The molecular weight excluding hydrogens is 444 g/mol. The summed E-state index contributed by atoms with van der Waals surface area (Å²) in [6.07, 6.45) is 0.705. The first kappa shape index (κ1) is 22.3. The molecule has 6 nitrogen and oxygen atoms in total. The van der Waals surface area contributed by atoms with Gasteiger partial charge in [-0.25, -0.2) is 9.48 Å². The molecule has 1 N–H and O–H groups in total. The summed E-state index contributed by atoms with van der Waals surface area (Å²) in [6, 6.07) is 13.7. The van der Waals surface area contributed by atoms with Gasteiger partial charge in [-0.15, -0.1) is 0 Å². The highest BCUT2D eigenvalue weighted by Crippen LogP contribution is 2.27. The number of hydrogen-bond donors (Lipinski definition) is 1. The third kappa shape index (κ3) is 4.49. The van der Waals surface area contributed by atoms with Gasteiger partial charge in [0.05, 0.1) is 18.0 Å². The topological polar surface area (TPSA) is 59.4 Å². The molecular formula is C24H25ClN4O2S. The highest BCUT2D eigenvalue weighted by atomic mass is 35.5. The minimum atomic E-state index is -0.413. The molecule has 1 aliphatic heterocycles. The molecule has 32 heavy (non-hydrogen) atoms. The maximum atomic E-state index is 12.7. The molecule has 0 unspecified atom stereocenters. The van der Waals surface area contributed by atoms with E-state index in [9.17, 15) is 4.79 Å². The fraction of sp³-hybridized carbons (Fsp3) is 0.292. The van der Waals surface area contributed by atoms with Crippen LogP contribution in [0.4, 0.5) is 5.69 Å². The molecule has 4 rings (SSSR count). The largest absolute Gasteiger partial charge is 0.461 e. The summed E-state index contributed by atoms with van der Waals surface area (Å²) in [5.41, 5.74) is 6.22. The summed E-state index contributed by atoms with van der Waals surface area (Å²) in [5, 5.41) is 9.24. The van der Waals surface area contributed by atoms with Crippen molar-refractivity contribution < 1.29 is 9.53 Å². The number of esters is 1. The molecule has 0 saturated carbocycles. The maximum Gasteiger partial charge on any atom is 0.359 e. The molecule has 0 spiro atoms. The highest BCUT2D eigenvalue weighted by Gasteiger charge is 2.30. The first-order chi connectivity index (χ1) is 15.4. The Kier molecular flexibility index (Phi) is 6.48. The Morgan fingerprint density at radius 2 is 1.97 bits per heavy atom. The summed E-state index contributed by atoms with van der Waals surface area (Å²) in [4.78, 5) is 14.7. The third-order valence-corrected chi connectivity index (χ3v) is 6.12. The van der Waals surface area contributed by atoms with Gasteiger partial charge < -0.3 is 15.0 Å². The average Bonchev–Trinajstić information content (AvgIpc) is 3.15. The second-order valence-electron chi connectivity index (χ2n) is 7.80. The predicted molar refractivity (Wildman–Crippen MR) is 131 cm³/mol. The molecule has 2 heterocycles. The van der Waals surface area contributed by atoms with Gasteiger partial charge >= 0.3 is 5.97 Å². The molecule has 166 valence electrons. The number of aryl methyl sites for hydroxylation is 2. The first-order valence-electron chi connectivity index (χ1n) is 10.5. The van der Waals surface area contributed by atoms with Gasteiger partial charge in [0.25, 0.3) is 0 Å². The van der Waals surface area contributed by atoms with E-state index in [0.717, 1.165) is 28.2 Å². The molecule has 0 radical (unpaired) electrons. The summed E-state index contributed by atoms with van der Waals surface area (Å²) < 4.78 is 7.15. The Bertz CT molecular complexity index is 1170. The smallest absolute Gasteiger partial charge is 0.359 e. The Morgan fingerprint density at radius 1 is 1.22 bits per heavy atom. The van der Waals surface area contributed by atoms with E-state index in [4.69, 9.17) is 28.6 Å². The Morgan fingerprint density at radius 3 is 2.66 bits per heavy atom. The molecule has 0 bridgehead atoms. The van der Waals surface area contributed by atoms with Crippen molar-refractivity contribution in [1.82, 2.24) is 14.7 Å². The van der Waals surface area contributed by atoms with Crippen LogP contribution in [-0.2, 0) is 17.7 Å². The van der Waals surface area contributed by atoms with Crippen molar-refractivity contribution >= 4 is 40.6 Å². The van der Waals surface area contributed by atoms with Gasteiger partial charge in [0.2, 0.25) is 0 Å². The number of thiocarbonyl (C=S) groups is 1. The second-order valence-corrected chi connectivity index (χ2v) is 8.63. The fourth-order valence-corrected chi connectivity index (χ4v) is 4.31. The number of hydrogen-bond acceptors (Lipinski definition) is 4. The number of nitrogens with one attached hydrogen (secondary N) is 1. The Hall–Kier alpha value is -2.90. The van der Waals surface area contributed by atoms with E-state index in [2.05, 4.69) is 15.3 Å². The molecule has 8 heteroatoms. The van der Waals surface area contributed by atoms with Crippen LogP contribution in [-0.4, -0.2) is 38.9 Å². The Balaban J connectivity index is 1.64. The number of nitrogens with zero attached hydrogens (tertiary/aromatic N) is 3. The van der Waals surface area contributed by atoms with E-state index < -0.39 is 5.97 Å². The van der Waals surface area contributed by atoms with Crippen molar-refractivity contribution in [2.75, 3.05) is 18.5 Å². The molecule has 0 fully saturated rings. The van der Waals surface area contributed by atoms with Gasteiger partial charge in [0, 0.05) is 35.8 Å². The zero-order valence-electron chi connectivity index (χ0n) is 18.3. The lowest BCUT2D eigenvalue weighted by Crippen LogP contribution is -2.39. The van der Waals surface area contributed by atoms with Crippen molar-refractivity contribution in [3.63, 3.8) is 0 Å². The van der Waals surface area contributed by atoms with Gasteiger partial charge in [-0.3, -0.25) is 0 Å². The molecule has 0 amide bonds. The van der Waals surface area contributed by atoms with Crippen molar-refractivity contribution in [1.29, 1.82) is 0 Å². The third-order valence-electron chi connectivity index (χ3n) is 5.52. The van der Waals surface area contributed by atoms with Gasteiger partial charge in [-0.05, 0) is 68.9 Å². The predicted octanol–water partition coefficient (Wildman–Crippen LogP) is 5.07. The highest BCUT2D eigenvalue weighted by molar-refractivity contribution is 7.80. The lowest BCUT2D eigenvalue weighted by atomic mass is 10.0. The standard InChI is InChI=1S/C24H25ClN4O2S/c1-4-31-23(30)22-19-14-28(24(32)26-20-10-7-17(25)13-16(20)3)12-11-21(19)29(27-22)18-8-5-15(2)6-9-18/h5-10,13H,4,11-12,14H2,1-3H3,(H,26,32). The number of carbonyl (C=O) groups is 1. The van der Waals surface area contributed by atoms with Crippen LogP contribution in [0.5, 0.6) is 0 Å². The van der Waals surface area contributed by atoms with Crippen LogP contribution in [0.2, 0.25) is 5.02 Å². The first-order valence-corrected chi connectivity index (χ1v) is 11.3. The lowest BCUT2D eigenvalue weighted by molar-refractivity contribution is 0.0517. The average molecular weight is 469 g/mol. The second kappa shape index (κ2) is 9.30. The van der Waals surface area contributed by atoms with Crippen LogP contribution in [0, 0.1) is 13.8 Å². The molecule has 1 aromatic heterocycles. The van der Waals surface area contributed by atoms with Gasteiger partial charge in [-0.1, -0.05) is 29.3 Å². The zero-order valence-corrected chi connectivity index (χ0v) is 19.9. The van der Waals surface area contributed by atoms with E-state index >= 15 is 0 Å². The number of anilines is 1. The number of rotatable bonds is 4. The zero-order chi connectivity index (χ0) is 22.8. The van der Waals surface area contributed by atoms with Crippen molar-refractivity contribution in [2.24, 2.45) is 0 Å². The van der Waals surface area contributed by atoms with E-state index in [1.54, 1.807) is 6.92 Å². The SMILES string of the molecule is CCOC(=O)c1nn(-c2ccc(C)cc2)c2c1CN(C(=S)Nc1ccc(Cl)cc1C)CC2. The summed E-state index contributed by atoms with van der Waals surface area (Å²) in [6.45, 7) is 7.31. The van der Waals surface area contributed by atoms with Crippen LogP contribution < -0.4 is 5.32 Å². The van der Waals surface area contributed by atoms with Gasteiger partial charge in [0.1, 0.15) is 0 Å². The van der Waals surface area contributed by atoms with E-state index in [1.165, 1.54) is 5.56 Å². The molecule has 1 aliphatic rings. The van der Waals surface area contributed by atoms with Gasteiger partial charge in [0.15, 0.2) is 10.8 Å². The lowest BCUT2D eigenvalue weighted by Gasteiger charge is -2.30. The molecule has 0 aliphatic carbocycles. The minimum Gasteiger partial charge on any atom is -0.461 e. The van der Waals surface area contributed by atoms with Crippen molar-refractivity contribution in [2.45, 2.75) is 33.7 Å². The van der Waals surface area contributed by atoms with Crippen LogP contribution in [0.1, 0.15) is 39.8 Å². The van der Waals surface area contributed by atoms with Crippen LogP contribution in [0.25, 0.3) is 5.69 Å². The quantitative estimate of drug-likeness (QED) is 0.426. The number of carbonyl (C=O) groups excluding carboxylic acids is 1. The number of ether oxygens (including phenoxy) is 1. The van der Waals surface area contributed by atoms with Crippen LogP contribution in [0.3, 0.4) is 0 Å². The summed E-state index contributed by atoms with van der Waals surface area (Å²) in [7, 11) is 0. The number of halogens is 1. The van der Waals surface area contributed by atoms with Crippen molar-refractivity contribution in [3.8, 4) is 5.69 Å². The number of aromatic nitrogens is 2. The normalized spacial score (nSPS) is 12.9. The number of fused-ring (bicyclic) bond motifs is 1. The van der Waals surface area contributed by atoms with E-state index in [1.807, 2.05) is 61.0 Å². The van der Waals surface area contributed by atoms with E-state index in [-0.39, 0.29) is 0 Å². The Labute approximate surface area is 198 Å². The van der Waals surface area contributed by atoms with Crippen LogP contribution >= 0.6 is 23.8 Å². The summed E-state index contributed by atoms with van der Waals surface area (Å²) >= 11 is 11.8. The van der Waals surface area contributed by atoms with E-state index in [0.29, 0.717) is 41.9 Å². The fourth-order valence-electron chi connectivity index (χ4n) is 3.82. The number of benzene rings is 2. The molecule has 3 aromatic rings. The van der Waals surface area contributed by atoms with Gasteiger partial charge in [-0.2, -0.15) is 5.10 Å². The molecule has 2 aromatic carbocycles.